The fraction of sp³-hybridized carbons (Fsp3) is 0.588. The van der Waals surface area contributed by atoms with Gasteiger partial charge in [0.05, 0.1) is 6.04 Å². The minimum absolute atomic E-state index is 0.0920. The first kappa shape index (κ1) is 17.7. The summed E-state index contributed by atoms with van der Waals surface area (Å²) in [5.41, 5.74) is 0.991. The Morgan fingerprint density at radius 2 is 1.96 bits per heavy atom. The molecule has 1 aliphatic rings. The van der Waals surface area contributed by atoms with Crippen molar-refractivity contribution in [2.75, 3.05) is 20.1 Å². The third-order valence-corrected chi connectivity index (χ3v) is 4.19. The van der Waals surface area contributed by atoms with Crippen molar-refractivity contribution in [3.63, 3.8) is 0 Å². The summed E-state index contributed by atoms with van der Waals surface area (Å²) in [7, 11) is 1.84. The van der Waals surface area contributed by atoms with Crippen molar-refractivity contribution in [1.29, 1.82) is 0 Å². The average Bonchev–Trinajstić information content (AvgIpc) is 2.52. The smallest absolute Gasteiger partial charge is 0.387 e. The maximum atomic E-state index is 12.4. The van der Waals surface area contributed by atoms with Gasteiger partial charge in [0, 0.05) is 26.7 Å². The summed E-state index contributed by atoms with van der Waals surface area (Å²) < 4.78 is 28.7. The van der Waals surface area contributed by atoms with Gasteiger partial charge in [0.25, 0.3) is 0 Å². The minimum Gasteiger partial charge on any atom is -0.435 e. The van der Waals surface area contributed by atoms with Crippen molar-refractivity contribution in [2.24, 2.45) is 0 Å². The highest BCUT2D eigenvalue weighted by Crippen LogP contribution is 2.21. The minimum atomic E-state index is -2.81. The van der Waals surface area contributed by atoms with Gasteiger partial charge in [-0.2, -0.15) is 8.78 Å². The highest BCUT2D eigenvalue weighted by molar-refractivity contribution is 5.82. The number of amides is 1. The van der Waals surface area contributed by atoms with Crippen molar-refractivity contribution in [3.8, 4) is 5.75 Å². The molecule has 0 saturated carbocycles. The van der Waals surface area contributed by atoms with Gasteiger partial charge < -0.3 is 9.64 Å². The Hall–Kier alpha value is -1.69. The van der Waals surface area contributed by atoms with Crippen LogP contribution in [-0.4, -0.2) is 48.5 Å². The number of hydrogen-bond acceptors (Lipinski definition) is 3. The summed E-state index contributed by atoms with van der Waals surface area (Å²) in [6.45, 7) is 1.49. The van der Waals surface area contributed by atoms with Crippen LogP contribution >= 0.6 is 0 Å². The van der Waals surface area contributed by atoms with Gasteiger partial charge >= 0.3 is 6.61 Å². The van der Waals surface area contributed by atoms with E-state index in [-0.39, 0.29) is 17.7 Å². The number of carbonyl (C=O) groups excluding carboxylic acids is 1. The van der Waals surface area contributed by atoms with E-state index in [1.165, 1.54) is 0 Å². The molecule has 0 N–H and O–H groups in total. The molecule has 1 heterocycles. The summed E-state index contributed by atoms with van der Waals surface area (Å²) in [5.74, 6) is 0.322. The van der Waals surface area contributed by atoms with Crippen molar-refractivity contribution in [3.05, 3.63) is 29.8 Å². The van der Waals surface area contributed by atoms with Crippen LogP contribution in [0.3, 0.4) is 0 Å². The lowest BCUT2D eigenvalue weighted by molar-refractivity contribution is -0.140. The molecular weight excluding hydrogens is 302 g/mol. The molecule has 0 bridgehead atoms. The topological polar surface area (TPSA) is 32.8 Å². The summed E-state index contributed by atoms with van der Waals surface area (Å²) in [5, 5.41) is 0. The van der Waals surface area contributed by atoms with E-state index in [4.69, 9.17) is 0 Å². The number of halogens is 2. The largest absolute Gasteiger partial charge is 0.435 e. The molecule has 23 heavy (non-hydrogen) atoms. The number of unbranched alkanes of at least 4 members (excludes halogenated alkanes) is 1. The lowest BCUT2D eigenvalue weighted by atomic mass is 10.0. The Bertz CT molecular complexity index is 508. The molecule has 1 atom stereocenters. The number of ether oxygens (including phenoxy) is 1. The standard InChI is InChI=1S/C17H24F2N2O2/c1-3-4-5-15-16(22)20(2)10-11-21(15)12-13-6-8-14(9-7-13)23-17(18)19/h6-9,15,17H,3-5,10-12H2,1-2H3/t15-/m1/s1. The molecule has 0 aliphatic carbocycles. The molecule has 1 saturated heterocycles. The number of rotatable bonds is 7. The fourth-order valence-corrected chi connectivity index (χ4v) is 2.86. The molecule has 0 aromatic heterocycles. The number of nitrogens with zero attached hydrogens (tertiary/aromatic N) is 2. The first-order valence-corrected chi connectivity index (χ1v) is 8.04. The highest BCUT2D eigenvalue weighted by atomic mass is 19.3. The van der Waals surface area contributed by atoms with Crippen molar-refractivity contribution in [2.45, 2.75) is 45.4 Å². The normalized spacial score (nSPS) is 19.4. The summed E-state index contributed by atoms with van der Waals surface area (Å²) in [6, 6.07) is 6.54. The van der Waals surface area contributed by atoms with Crippen LogP contribution in [-0.2, 0) is 11.3 Å². The predicted molar refractivity (Wildman–Crippen MR) is 84.4 cm³/mol. The fourth-order valence-electron chi connectivity index (χ4n) is 2.86. The van der Waals surface area contributed by atoms with Crippen LogP contribution in [0, 0.1) is 0 Å². The molecule has 6 heteroatoms. The number of likely N-dealkylation sites (N-methyl/N-ethyl adjacent to an activating group) is 1. The third kappa shape index (κ3) is 4.89. The molecular formula is C17H24F2N2O2. The van der Waals surface area contributed by atoms with Crippen molar-refractivity contribution in [1.82, 2.24) is 9.80 Å². The second kappa shape index (κ2) is 8.24. The predicted octanol–water partition coefficient (Wildman–Crippen LogP) is 3.12. The molecule has 0 unspecified atom stereocenters. The van der Waals surface area contributed by atoms with E-state index in [1.807, 2.05) is 7.05 Å². The molecule has 0 radical (unpaired) electrons. The van der Waals surface area contributed by atoms with E-state index in [0.717, 1.165) is 31.4 Å². The summed E-state index contributed by atoms with van der Waals surface area (Å²) in [4.78, 5) is 16.4. The molecule has 4 nitrogen and oxygen atoms in total. The van der Waals surface area contributed by atoms with E-state index >= 15 is 0 Å². The van der Waals surface area contributed by atoms with E-state index in [1.54, 1.807) is 29.2 Å². The summed E-state index contributed by atoms with van der Waals surface area (Å²) >= 11 is 0. The van der Waals surface area contributed by atoms with Gasteiger partial charge in [-0.15, -0.1) is 0 Å². The van der Waals surface area contributed by atoms with E-state index in [0.29, 0.717) is 13.1 Å². The molecule has 2 rings (SSSR count). The molecule has 1 fully saturated rings. The van der Waals surface area contributed by atoms with Crippen LogP contribution in [0.2, 0.25) is 0 Å². The molecule has 1 aromatic rings. The second-order valence-corrected chi connectivity index (χ2v) is 5.91. The lowest BCUT2D eigenvalue weighted by Crippen LogP contribution is -2.55. The lowest BCUT2D eigenvalue weighted by Gasteiger charge is -2.39. The summed E-state index contributed by atoms with van der Waals surface area (Å²) in [6.07, 6.45) is 2.93. The van der Waals surface area contributed by atoms with Crippen molar-refractivity contribution >= 4 is 5.91 Å². The van der Waals surface area contributed by atoms with Gasteiger partial charge in [0.15, 0.2) is 0 Å². The number of benzene rings is 1. The Labute approximate surface area is 136 Å². The van der Waals surface area contributed by atoms with Crippen LogP contribution in [0.4, 0.5) is 8.78 Å². The van der Waals surface area contributed by atoms with E-state index < -0.39 is 6.61 Å². The molecule has 128 valence electrons. The maximum Gasteiger partial charge on any atom is 0.387 e. The van der Waals surface area contributed by atoms with Crippen LogP contribution in [0.25, 0.3) is 0 Å². The Kier molecular flexibility index (Phi) is 6.33. The zero-order valence-corrected chi connectivity index (χ0v) is 13.7. The first-order valence-electron chi connectivity index (χ1n) is 8.04. The average molecular weight is 326 g/mol. The number of alkyl halides is 2. The van der Waals surface area contributed by atoms with Crippen LogP contribution in [0.1, 0.15) is 31.7 Å². The van der Waals surface area contributed by atoms with Gasteiger partial charge in [0.1, 0.15) is 5.75 Å². The first-order chi connectivity index (χ1) is 11.0. The van der Waals surface area contributed by atoms with Crippen molar-refractivity contribution < 1.29 is 18.3 Å². The zero-order valence-electron chi connectivity index (χ0n) is 13.7. The van der Waals surface area contributed by atoms with E-state index in [2.05, 4.69) is 16.6 Å². The molecule has 0 spiro atoms. The van der Waals surface area contributed by atoms with Crippen LogP contribution in [0.5, 0.6) is 5.75 Å². The highest BCUT2D eigenvalue weighted by Gasteiger charge is 2.32. The molecule has 1 aliphatic heterocycles. The zero-order chi connectivity index (χ0) is 16.8. The van der Waals surface area contributed by atoms with Gasteiger partial charge in [0.2, 0.25) is 5.91 Å². The SMILES string of the molecule is CCCC[C@@H]1C(=O)N(C)CCN1Cc1ccc(OC(F)F)cc1. The Morgan fingerprint density at radius 1 is 1.26 bits per heavy atom. The van der Waals surface area contributed by atoms with Gasteiger partial charge in [-0.05, 0) is 24.1 Å². The Morgan fingerprint density at radius 3 is 2.57 bits per heavy atom. The van der Waals surface area contributed by atoms with Gasteiger partial charge in [-0.3, -0.25) is 9.69 Å². The number of hydrogen-bond donors (Lipinski definition) is 0. The number of piperazine rings is 1. The second-order valence-electron chi connectivity index (χ2n) is 5.91. The monoisotopic (exact) mass is 326 g/mol. The molecule has 1 aromatic carbocycles. The van der Waals surface area contributed by atoms with Gasteiger partial charge in [-0.1, -0.05) is 31.9 Å². The Balaban J connectivity index is 2.02. The maximum absolute atomic E-state index is 12.4. The number of carbonyl (C=O) groups is 1. The quantitative estimate of drug-likeness (QED) is 0.772. The van der Waals surface area contributed by atoms with Crippen LogP contribution in [0.15, 0.2) is 24.3 Å². The van der Waals surface area contributed by atoms with Crippen LogP contribution < -0.4 is 4.74 Å². The third-order valence-electron chi connectivity index (χ3n) is 4.19. The molecule has 1 amide bonds. The van der Waals surface area contributed by atoms with E-state index in [9.17, 15) is 13.6 Å². The van der Waals surface area contributed by atoms with Gasteiger partial charge in [-0.25, -0.2) is 0 Å².